The van der Waals surface area contributed by atoms with Gasteiger partial charge in [0.1, 0.15) is 54.9 Å². The molecule has 0 aromatic heterocycles. The Bertz CT molecular complexity index is 595. The van der Waals surface area contributed by atoms with Crippen LogP contribution in [0.3, 0.4) is 0 Å². The molecule has 31 heavy (non-hydrogen) atoms. The number of hydrogen-bond acceptors (Lipinski definition) is 13. The van der Waals surface area contributed by atoms with Crippen LogP contribution < -0.4 is 0 Å². The van der Waals surface area contributed by atoms with Crippen molar-refractivity contribution in [2.75, 3.05) is 0 Å². The second-order valence-corrected chi connectivity index (χ2v) is 8.29. The Morgan fingerprint density at radius 1 is 0.452 bits per heavy atom. The van der Waals surface area contributed by atoms with E-state index in [9.17, 15) is 40.9 Å². The second kappa shape index (κ2) is 9.77. The highest BCUT2D eigenvalue weighted by Crippen LogP contribution is 2.32. The van der Waals surface area contributed by atoms with Gasteiger partial charge in [0.2, 0.25) is 0 Å². The molecule has 3 aliphatic rings. The molecular weight excluding hydrogens is 424 g/mol. The molecule has 3 fully saturated rings. The molecule has 0 saturated carbocycles. The highest BCUT2D eigenvalue weighted by molar-refractivity contribution is 4.95. The van der Waals surface area contributed by atoms with Crippen LogP contribution in [-0.2, 0) is 23.7 Å². The standard InChI is InChI=1S/C18H32O13/c1-4-7(19)9(21)11(23)17(28-4)30-14-6(3)27-16(26)13(25)15(14)31-18-12(24)10(22)8(20)5(2)29-18/h4-26H,1-3H3/t4-,5-,6-,7+,8+,9+,10+,11-,12-,13+,14-,15-,16+,17+,18+/m0/s1. The average molecular weight is 456 g/mol. The first-order chi connectivity index (χ1) is 14.4. The maximum atomic E-state index is 10.4. The monoisotopic (exact) mass is 456 g/mol. The van der Waals surface area contributed by atoms with Crippen LogP contribution in [0.4, 0.5) is 0 Å². The van der Waals surface area contributed by atoms with E-state index in [1.54, 1.807) is 0 Å². The lowest BCUT2D eigenvalue weighted by Gasteiger charge is -2.47. The van der Waals surface area contributed by atoms with E-state index in [0.29, 0.717) is 0 Å². The van der Waals surface area contributed by atoms with Crippen LogP contribution in [0.2, 0.25) is 0 Å². The van der Waals surface area contributed by atoms with Crippen molar-refractivity contribution in [3.63, 3.8) is 0 Å². The number of ether oxygens (including phenoxy) is 5. The van der Waals surface area contributed by atoms with Crippen molar-refractivity contribution in [1.82, 2.24) is 0 Å². The topological polar surface area (TPSA) is 208 Å². The first-order valence-corrected chi connectivity index (χ1v) is 10.2. The number of aliphatic hydroxyl groups is 8. The summed E-state index contributed by atoms with van der Waals surface area (Å²) in [5.41, 5.74) is 0. The van der Waals surface area contributed by atoms with Gasteiger partial charge in [0.05, 0.1) is 18.3 Å². The largest absolute Gasteiger partial charge is 0.388 e. The highest BCUT2D eigenvalue weighted by atomic mass is 16.8. The molecule has 0 unspecified atom stereocenters. The molecule has 3 aliphatic heterocycles. The highest BCUT2D eigenvalue weighted by Gasteiger charge is 2.52. The lowest BCUT2D eigenvalue weighted by molar-refractivity contribution is -0.377. The van der Waals surface area contributed by atoms with E-state index in [1.165, 1.54) is 20.8 Å². The van der Waals surface area contributed by atoms with Gasteiger partial charge in [-0.2, -0.15) is 0 Å². The van der Waals surface area contributed by atoms with Crippen LogP contribution in [0.15, 0.2) is 0 Å². The zero-order valence-electron chi connectivity index (χ0n) is 17.3. The van der Waals surface area contributed by atoms with E-state index in [1.807, 2.05) is 0 Å². The molecule has 0 amide bonds. The summed E-state index contributed by atoms with van der Waals surface area (Å²) in [5, 5.41) is 80.6. The fraction of sp³-hybridized carbons (Fsp3) is 1.00. The van der Waals surface area contributed by atoms with Gasteiger partial charge in [0, 0.05) is 0 Å². The van der Waals surface area contributed by atoms with Crippen molar-refractivity contribution < 1.29 is 64.5 Å². The fourth-order valence-electron chi connectivity index (χ4n) is 3.91. The zero-order valence-corrected chi connectivity index (χ0v) is 17.3. The van der Waals surface area contributed by atoms with E-state index in [4.69, 9.17) is 23.7 Å². The maximum absolute atomic E-state index is 10.4. The molecule has 3 heterocycles. The van der Waals surface area contributed by atoms with Crippen LogP contribution in [-0.4, -0.2) is 133 Å². The maximum Gasteiger partial charge on any atom is 0.187 e. The predicted octanol–water partition coefficient (Wildman–Crippen LogP) is -4.49. The summed E-state index contributed by atoms with van der Waals surface area (Å²) in [6.07, 6.45) is -20.8. The number of rotatable bonds is 4. The van der Waals surface area contributed by atoms with E-state index >= 15 is 0 Å². The molecule has 3 rings (SSSR count). The van der Waals surface area contributed by atoms with E-state index in [2.05, 4.69) is 0 Å². The third kappa shape index (κ3) is 4.89. The van der Waals surface area contributed by atoms with Gasteiger partial charge in [-0.3, -0.25) is 0 Å². The summed E-state index contributed by atoms with van der Waals surface area (Å²) >= 11 is 0. The molecule has 0 spiro atoms. The van der Waals surface area contributed by atoms with Gasteiger partial charge >= 0.3 is 0 Å². The van der Waals surface area contributed by atoms with E-state index in [-0.39, 0.29) is 0 Å². The first kappa shape index (κ1) is 25.1. The minimum atomic E-state index is -1.69. The van der Waals surface area contributed by atoms with Gasteiger partial charge in [-0.25, -0.2) is 0 Å². The summed E-state index contributed by atoms with van der Waals surface area (Å²) in [7, 11) is 0. The first-order valence-electron chi connectivity index (χ1n) is 10.2. The molecule has 3 saturated heterocycles. The van der Waals surface area contributed by atoms with Crippen molar-refractivity contribution in [3.8, 4) is 0 Å². The molecule has 0 aliphatic carbocycles. The third-order valence-electron chi connectivity index (χ3n) is 5.97. The molecular formula is C18H32O13. The predicted molar refractivity (Wildman–Crippen MR) is 97.0 cm³/mol. The minimum Gasteiger partial charge on any atom is -0.388 e. The normalized spacial score (nSPS) is 56.4. The van der Waals surface area contributed by atoms with Crippen molar-refractivity contribution in [2.45, 2.75) is 113 Å². The second-order valence-electron chi connectivity index (χ2n) is 8.29. The molecule has 0 aromatic carbocycles. The van der Waals surface area contributed by atoms with Gasteiger partial charge < -0.3 is 64.5 Å². The van der Waals surface area contributed by atoms with Crippen molar-refractivity contribution in [2.24, 2.45) is 0 Å². The van der Waals surface area contributed by atoms with Crippen molar-refractivity contribution in [1.29, 1.82) is 0 Å². The quantitative estimate of drug-likeness (QED) is 0.201. The lowest BCUT2D eigenvalue weighted by Crippen LogP contribution is -2.65. The smallest absolute Gasteiger partial charge is 0.187 e. The Morgan fingerprint density at radius 3 is 1.32 bits per heavy atom. The molecule has 13 nitrogen and oxygen atoms in total. The van der Waals surface area contributed by atoms with E-state index < -0.39 is 92.1 Å². The van der Waals surface area contributed by atoms with Gasteiger partial charge in [0.15, 0.2) is 18.9 Å². The molecule has 0 aromatic rings. The lowest BCUT2D eigenvalue weighted by atomic mass is 9.96. The molecule has 8 N–H and O–H groups in total. The van der Waals surface area contributed by atoms with Crippen molar-refractivity contribution in [3.05, 3.63) is 0 Å². The van der Waals surface area contributed by atoms with Crippen molar-refractivity contribution >= 4 is 0 Å². The van der Waals surface area contributed by atoms with Gasteiger partial charge in [-0.05, 0) is 20.8 Å². The Labute approximate surface area is 178 Å². The molecule has 182 valence electrons. The minimum absolute atomic E-state index is 0.890. The Hall–Kier alpha value is -0.520. The Kier molecular flexibility index (Phi) is 7.91. The van der Waals surface area contributed by atoms with Gasteiger partial charge in [-0.15, -0.1) is 0 Å². The Morgan fingerprint density at radius 2 is 0.871 bits per heavy atom. The fourth-order valence-corrected chi connectivity index (χ4v) is 3.91. The SMILES string of the molecule is C[C@@H]1O[C@H](O[C@@H]2[C@@H](O[C@H]3O[C@@H](C)[C@@H](O)[C@@H](O)[C@@H]3O)[C@@H](O)[C@H](O)O[C@H]2C)[C@@H](O)[C@H](O)[C@@H]1O. The number of hydrogen-bond donors (Lipinski definition) is 8. The summed E-state index contributed by atoms with van der Waals surface area (Å²) in [4.78, 5) is 0. The zero-order chi connectivity index (χ0) is 23.2. The number of aliphatic hydroxyl groups excluding tert-OH is 8. The summed E-state index contributed by atoms with van der Waals surface area (Å²) in [5.74, 6) is 0. The molecule has 15 atom stereocenters. The van der Waals surface area contributed by atoms with Gasteiger partial charge in [-0.1, -0.05) is 0 Å². The molecule has 13 heteroatoms. The van der Waals surface area contributed by atoms with Crippen LogP contribution in [0.1, 0.15) is 20.8 Å². The van der Waals surface area contributed by atoms with Crippen LogP contribution in [0.5, 0.6) is 0 Å². The molecule has 0 bridgehead atoms. The summed E-state index contributed by atoms with van der Waals surface area (Å²) < 4.78 is 27.4. The third-order valence-corrected chi connectivity index (χ3v) is 5.97. The molecule has 0 radical (unpaired) electrons. The van der Waals surface area contributed by atoms with Crippen LogP contribution in [0, 0.1) is 0 Å². The average Bonchev–Trinajstić information content (AvgIpc) is 2.72. The summed E-state index contributed by atoms with van der Waals surface area (Å²) in [6, 6.07) is 0. The van der Waals surface area contributed by atoms with Gasteiger partial charge in [0.25, 0.3) is 0 Å². The summed E-state index contributed by atoms with van der Waals surface area (Å²) in [6.45, 7) is 4.39. The van der Waals surface area contributed by atoms with Crippen LogP contribution >= 0.6 is 0 Å². The van der Waals surface area contributed by atoms with E-state index in [0.717, 1.165) is 0 Å². The Balaban J connectivity index is 1.78. The van der Waals surface area contributed by atoms with Crippen LogP contribution in [0.25, 0.3) is 0 Å².